The topological polar surface area (TPSA) is 84.5 Å². The summed E-state index contributed by atoms with van der Waals surface area (Å²) in [4.78, 5) is 34.0. The number of hydrogen-bond donors (Lipinski definition) is 2. The maximum absolute atomic E-state index is 12.6. The van der Waals surface area contributed by atoms with Crippen LogP contribution in [0.5, 0.6) is 0 Å². The van der Waals surface area contributed by atoms with Crippen LogP contribution < -0.4 is 10.6 Å². The van der Waals surface area contributed by atoms with Gasteiger partial charge >= 0.3 is 0 Å². The van der Waals surface area contributed by atoms with E-state index in [1.807, 2.05) is 20.8 Å². The molecular formula is C18H34N2O4. The molecule has 24 heavy (non-hydrogen) atoms. The third-order valence-corrected chi connectivity index (χ3v) is 3.42. The molecule has 6 nitrogen and oxygen atoms in total. The Kier molecular flexibility index (Phi) is 9.82. The van der Waals surface area contributed by atoms with Crippen molar-refractivity contribution in [2.75, 3.05) is 13.2 Å². The summed E-state index contributed by atoms with van der Waals surface area (Å²) < 4.78 is 4.48. The number of carbonyl (C=O) groups excluding carboxylic acids is 3. The van der Waals surface area contributed by atoms with Gasteiger partial charge in [-0.15, -0.1) is 0 Å². The van der Waals surface area contributed by atoms with Gasteiger partial charge in [0.15, 0.2) is 5.78 Å². The Balaban J connectivity index is 4.22. The predicted molar refractivity (Wildman–Crippen MR) is 94.6 cm³/mol. The molecule has 0 bridgehead atoms. The maximum Gasteiger partial charge on any atom is 0.293 e. The van der Waals surface area contributed by atoms with E-state index in [1.54, 1.807) is 0 Å². The zero-order valence-electron chi connectivity index (χ0n) is 16.0. The molecule has 1 amide bonds. The van der Waals surface area contributed by atoms with E-state index in [0.29, 0.717) is 13.0 Å². The average molecular weight is 342 g/mol. The Morgan fingerprint density at radius 3 is 2.21 bits per heavy atom. The Morgan fingerprint density at radius 1 is 1.08 bits per heavy atom. The van der Waals surface area contributed by atoms with Crippen molar-refractivity contribution < 1.29 is 19.1 Å². The van der Waals surface area contributed by atoms with Crippen molar-refractivity contribution in [3.05, 3.63) is 0 Å². The van der Waals surface area contributed by atoms with Crippen LogP contribution in [0.2, 0.25) is 0 Å². The Labute approximate surface area is 146 Å². The van der Waals surface area contributed by atoms with E-state index in [9.17, 15) is 14.4 Å². The molecule has 0 spiro atoms. The summed E-state index contributed by atoms with van der Waals surface area (Å²) in [7, 11) is 0. The van der Waals surface area contributed by atoms with Crippen LogP contribution in [0.25, 0.3) is 0 Å². The highest BCUT2D eigenvalue weighted by Gasteiger charge is 2.31. The maximum atomic E-state index is 12.6. The fraction of sp³-hybridized carbons (Fsp3) is 0.833. The van der Waals surface area contributed by atoms with Gasteiger partial charge < -0.3 is 15.4 Å². The second kappa shape index (κ2) is 10.4. The zero-order chi connectivity index (χ0) is 18.8. The number of amides is 1. The lowest BCUT2D eigenvalue weighted by Gasteiger charge is -2.31. The molecule has 2 N–H and O–H groups in total. The van der Waals surface area contributed by atoms with Crippen molar-refractivity contribution in [3.8, 4) is 0 Å². The van der Waals surface area contributed by atoms with Crippen molar-refractivity contribution in [2.24, 2.45) is 5.41 Å². The SMILES string of the molecule is CC(C)(C)N[C@@H](CCCCNC(=O)CCOC=O)C(=O)C(C)(C)C. The lowest BCUT2D eigenvalue weighted by molar-refractivity contribution is -0.131. The molecule has 6 heteroatoms. The van der Waals surface area contributed by atoms with Gasteiger partial charge in [0.2, 0.25) is 5.91 Å². The molecule has 1 atom stereocenters. The van der Waals surface area contributed by atoms with Crippen LogP contribution in [-0.4, -0.2) is 42.9 Å². The number of nitrogens with one attached hydrogen (secondary N) is 2. The first-order valence-corrected chi connectivity index (χ1v) is 8.61. The summed E-state index contributed by atoms with van der Waals surface area (Å²) in [6.07, 6.45) is 2.58. The van der Waals surface area contributed by atoms with E-state index in [-0.39, 0.29) is 41.7 Å². The average Bonchev–Trinajstić information content (AvgIpc) is 2.43. The molecule has 0 heterocycles. The first kappa shape index (κ1) is 22.6. The first-order chi connectivity index (χ1) is 11.0. The largest absolute Gasteiger partial charge is 0.467 e. The van der Waals surface area contributed by atoms with Crippen LogP contribution in [0.3, 0.4) is 0 Å². The van der Waals surface area contributed by atoms with Crippen LogP contribution in [0.15, 0.2) is 0 Å². The molecule has 0 aliphatic heterocycles. The number of ketones is 1. The summed E-state index contributed by atoms with van der Waals surface area (Å²) in [5.74, 6) is 0.0828. The van der Waals surface area contributed by atoms with Crippen molar-refractivity contribution in [2.45, 2.75) is 78.8 Å². The van der Waals surface area contributed by atoms with Gasteiger partial charge in [-0.1, -0.05) is 20.8 Å². The van der Waals surface area contributed by atoms with Gasteiger partial charge in [0, 0.05) is 17.5 Å². The normalized spacial score (nSPS) is 13.2. The van der Waals surface area contributed by atoms with Crippen LogP contribution in [-0.2, 0) is 19.1 Å². The van der Waals surface area contributed by atoms with Gasteiger partial charge in [-0.05, 0) is 40.0 Å². The highest BCUT2D eigenvalue weighted by Crippen LogP contribution is 2.21. The van der Waals surface area contributed by atoms with Crippen LogP contribution >= 0.6 is 0 Å². The van der Waals surface area contributed by atoms with Crippen LogP contribution in [0.1, 0.15) is 67.2 Å². The third-order valence-electron chi connectivity index (χ3n) is 3.42. The Hall–Kier alpha value is -1.43. The number of Topliss-reactive ketones (excluding diaryl/α,β-unsaturated/α-hetero) is 1. The molecular weight excluding hydrogens is 308 g/mol. The molecule has 0 unspecified atom stereocenters. The van der Waals surface area contributed by atoms with Gasteiger partial charge in [0.25, 0.3) is 6.47 Å². The zero-order valence-corrected chi connectivity index (χ0v) is 16.0. The summed E-state index contributed by atoms with van der Waals surface area (Å²) in [5, 5.41) is 6.19. The molecule has 0 rings (SSSR count). The van der Waals surface area contributed by atoms with E-state index >= 15 is 0 Å². The monoisotopic (exact) mass is 342 g/mol. The third kappa shape index (κ3) is 11.2. The molecule has 0 aromatic heterocycles. The fourth-order valence-electron chi connectivity index (χ4n) is 2.30. The summed E-state index contributed by atoms with van der Waals surface area (Å²) >= 11 is 0. The highest BCUT2D eigenvalue weighted by molar-refractivity contribution is 5.88. The van der Waals surface area contributed by atoms with E-state index < -0.39 is 0 Å². The van der Waals surface area contributed by atoms with Gasteiger partial charge in [-0.25, -0.2) is 0 Å². The summed E-state index contributed by atoms with van der Waals surface area (Å²) in [5.41, 5.74) is -0.506. The van der Waals surface area contributed by atoms with E-state index in [4.69, 9.17) is 0 Å². The second-order valence-electron chi connectivity index (χ2n) is 8.12. The smallest absolute Gasteiger partial charge is 0.293 e. The number of hydrogen-bond acceptors (Lipinski definition) is 5. The van der Waals surface area contributed by atoms with Gasteiger partial charge in [0.1, 0.15) is 0 Å². The number of rotatable bonds is 11. The van der Waals surface area contributed by atoms with E-state index in [2.05, 4.69) is 36.1 Å². The Bertz CT molecular complexity index is 408. The van der Waals surface area contributed by atoms with E-state index in [1.165, 1.54) is 0 Å². The minimum Gasteiger partial charge on any atom is -0.467 e. The summed E-state index contributed by atoms with van der Waals surface area (Å²) in [6, 6.07) is -0.179. The highest BCUT2D eigenvalue weighted by atomic mass is 16.5. The second-order valence-corrected chi connectivity index (χ2v) is 8.12. The lowest BCUT2D eigenvalue weighted by atomic mass is 9.84. The molecule has 0 radical (unpaired) electrons. The quantitative estimate of drug-likeness (QED) is 0.444. The molecule has 0 saturated carbocycles. The van der Waals surface area contributed by atoms with Crippen LogP contribution in [0.4, 0.5) is 0 Å². The molecule has 0 fully saturated rings. The van der Waals surface area contributed by atoms with Crippen molar-refractivity contribution in [1.82, 2.24) is 10.6 Å². The van der Waals surface area contributed by atoms with Crippen LogP contribution in [0, 0.1) is 5.41 Å². The molecule has 0 aliphatic rings. The van der Waals surface area contributed by atoms with Gasteiger partial charge in [-0.3, -0.25) is 14.4 Å². The number of ether oxygens (including phenoxy) is 1. The minimum atomic E-state index is -0.379. The molecule has 140 valence electrons. The molecule has 0 aromatic carbocycles. The number of carbonyl (C=O) groups is 3. The van der Waals surface area contributed by atoms with Crippen molar-refractivity contribution >= 4 is 18.2 Å². The Morgan fingerprint density at radius 2 is 1.71 bits per heavy atom. The van der Waals surface area contributed by atoms with Gasteiger partial charge in [-0.2, -0.15) is 0 Å². The summed E-state index contributed by atoms with van der Waals surface area (Å²) in [6.45, 7) is 13.0. The predicted octanol–water partition coefficient (Wildman–Crippen LogP) is 2.21. The van der Waals surface area contributed by atoms with E-state index in [0.717, 1.165) is 19.3 Å². The van der Waals surface area contributed by atoms with Gasteiger partial charge in [0.05, 0.1) is 19.1 Å². The minimum absolute atomic E-state index is 0.104. The molecule has 0 aromatic rings. The fourth-order valence-corrected chi connectivity index (χ4v) is 2.30. The molecule has 0 saturated heterocycles. The lowest BCUT2D eigenvalue weighted by Crippen LogP contribution is -2.50. The first-order valence-electron chi connectivity index (χ1n) is 8.61. The standard InChI is InChI=1S/C18H34N2O4/c1-17(2,3)16(23)14(20-18(4,5)6)9-7-8-11-19-15(22)10-12-24-13-21/h13-14,20H,7-12H2,1-6H3,(H,19,22)/t14-/m0/s1. The van der Waals surface area contributed by atoms with Crippen molar-refractivity contribution in [3.63, 3.8) is 0 Å². The molecule has 0 aliphatic carbocycles. The number of unbranched alkanes of at least 4 members (excludes halogenated alkanes) is 1. The van der Waals surface area contributed by atoms with Crippen molar-refractivity contribution in [1.29, 1.82) is 0 Å².